The van der Waals surface area contributed by atoms with Crippen molar-refractivity contribution in [3.8, 4) is 0 Å². The summed E-state index contributed by atoms with van der Waals surface area (Å²) in [5, 5.41) is 8.00. The zero-order valence-electron chi connectivity index (χ0n) is 13.5. The van der Waals surface area contributed by atoms with Crippen molar-refractivity contribution >= 4 is 0 Å². The molecule has 5 nitrogen and oxygen atoms in total. The van der Waals surface area contributed by atoms with E-state index in [0.717, 1.165) is 37.9 Å². The number of aromatic nitrogens is 3. The summed E-state index contributed by atoms with van der Waals surface area (Å²) in [6.45, 7) is 8.53. The molecule has 1 aliphatic heterocycles. The zero-order valence-corrected chi connectivity index (χ0v) is 13.5. The summed E-state index contributed by atoms with van der Waals surface area (Å²) in [6.07, 6.45) is 8.75. The second-order valence-corrected chi connectivity index (χ2v) is 6.70. The normalized spacial score (nSPS) is 28.9. The maximum absolute atomic E-state index is 4.48. The summed E-state index contributed by atoms with van der Waals surface area (Å²) in [5.41, 5.74) is 0. The third-order valence-corrected chi connectivity index (χ3v) is 5.19. The van der Waals surface area contributed by atoms with Crippen molar-refractivity contribution in [3.63, 3.8) is 0 Å². The lowest BCUT2D eigenvalue weighted by molar-refractivity contribution is 0.0655. The molecule has 1 N–H and O–H groups in total. The van der Waals surface area contributed by atoms with Gasteiger partial charge in [-0.25, -0.2) is 9.67 Å². The molecule has 2 atom stereocenters. The van der Waals surface area contributed by atoms with Crippen LogP contribution >= 0.6 is 0 Å². The van der Waals surface area contributed by atoms with Gasteiger partial charge in [-0.1, -0.05) is 19.3 Å². The Kier molecular flexibility index (Phi) is 4.91. The summed E-state index contributed by atoms with van der Waals surface area (Å²) in [4.78, 5) is 7.14. The van der Waals surface area contributed by atoms with E-state index in [1.807, 2.05) is 4.68 Å². The van der Waals surface area contributed by atoms with Crippen LogP contribution in [-0.2, 0) is 13.1 Å². The van der Waals surface area contributed by atoms with E-state index >= 15 is 0 Å². The zero-order chi connectivity index (χ0) is 14.7. The highest BCUT2D eigenvalue weighted by molar-refractivity contribution is 4.94. The topological polar surface area (TPSA) is 46.0 Å². The highest BCUT2D eigenvalue weighted by Gasteiger charge is 2.33. The first-order valence-corrected chi connectivity index (χ1v) is 8.62. The Morgan fingerprint density at radius 3 is 2.86 bits per heavy atom. The molecule has 0 amide bonds. The minimum Gasteiger partial charge on any atom is -0.311 e. The molecule has 2 aliphatic rings. The van der Waals surface area contributed by atoms with Crippen molar-refractivity contribution in [3.05, 3.63) is 12.2 Å². The molecule has 1 aromatic rings. The first kappa shape index (κ1) is 15.0. The van der Waals surface area contributed by atoms with Crippen molar-refractivity contribution in [1.29, 1.82) is 0 Å². The van der Waals surface area contributed by atoms with Crippen LogP contribution in [0, 0.1) is 5.92 Å². The van der Waals surface area contributed by atoms with Gasteiger partial charge in [-0.05, 0) is 32.6 Å². The van der Waals surface area contributed by atoms with Crippen molar-refractivity contribution in [2.24, 2.45) is 5.92 Å². The van der Waals surface area contributed by atoms with Crippen molar-refractivity contribution < 1.29 is 0 Å². The summed E-state index contributed by atoms with van der Waals surface area (Å²) in [6, 6.07) is 1.24. The maximum atomic E-state index is 4.48. The minimum atomic E-state index is 0.572. The lowest BCUT2D eigenvalue weighted by Crippen LogP contribution is -2.58. The molecule has 1 saturated heterocycles. The third kappa shape index (κ3) is 3.46. The standard InChI is InChI=1S/C16H29N5/c1-3-21-16(18-12-19-21)11-20-10-13(2)17-9-15(20)14-7-5-4-6-8-14/h12-15,17H,3-11H2,1-2H3. The van der Waals surface area contributed by atoms with E-state index in [1.54, 1.807) is 6.33 Å². The van der Waals surface area contributed by atoms with Gasteiger partial charge in [0.05, 0.1) is 6.54 Å². The van der Waals surface area contributed by atoms with E-state index in [0.29, 0.717) is 12.1 Å². The molecule has 0 spiro atoms. The molecule has 2 fully saturated rings. The number of hydrogen-bond acceptors (Lipinski definition) is 4. The molecule has 2 unspecified atom stereocenters. The molecule has 2 heterocycles. The predicted octanol–water partition coefficient (Wildman–Crippen LogP) is 2.04. The van der Waals surface area contributed by atoms with E-state index in [1.165, 1.54) is 32.1 Å². The molecule has 21 heavy (non-hydrogen) atoms. The number of nitrogens with zero attached hydrogens (tertiary/aromatic N) is 4. The third-order valence-electron chi connectivity index (χ3n) is 5.19. The maximum Gasteiger partial charge on any atom is 0.141 e. The molecule has 0 aromatic carbocycles. The Morgan fingerprint density at radius 2 is 2.10 bits per heavy atom. The Balaban J connectivity index is 1.71. The van der Waals surface area contributed by atoms with Crippen LogP contribution in [0.3, 0.4) is 0 Å². The summed E-state index contributed by atoms with van der Waals surface area (Å²) in [7, 11) is 0. The number of nitrogens with one attached hydrogen (secondary N) is 1. The highest BCUT2D eigenvalue weighted by Crippen LogP contribution is 2.30. The van der Waals surface area contributed by atoms with Crippen molar-refractivity contribution in [2.45, 2.75) is 71.1 Å². The van der Waals surface area contributed by atoms with Gasteiger partial charge in [0.2, 0.25) is 0 Å². The summed E-state index contributed by atoms with van der Waals surface area (Å²) < 4.78 is 2.03. The van der Waals surface area contributed by atoms with Gasteiger partial charge in [0.15, 0.2) is 0 Å². The SMILES string of the molecule is CCn1ncnc1CN1CC(C)NCC1C1CCCCC1. The van der Waals surface area contributed by atoms with Gasteiger partial charge in [-0.15, -0.1) is 0 Å². The monoisotopic (exact) mass is 291 g/mol. The Hall–Kier alpha value is -0.940. The van der Waals surface area contributed by atoms with Gasteiger partial charge in [0, 0.05) is 31.7 Å². The van der Waals surface area contributed by atoms with E-state index in [2.05, 4.69) is 34.1 Å². The van der Waals surface area contributed by atoms with Crippen molar-refractivity contribution in [2.75, 3.05) is 13.1 Å². The van der Waals surface area contributed by atoms with Crippen LogP contribution in [0.4, 0.5) is 0 Å². The first-order valence-electron chi connectivity index (χ1n) is 8.62. The van der Waals surface area contributed by atoms with Gasteiger partial charge < -0.3 is 5.32 Å². The fourth-order valence-corrected chi connectivity index (χ4v) is 4.02. The Morgan fingerprint density at radius 1 is 1.29 bits per heavy atom. The first-order chi connectivity index (χ1) is 10.3. The molecular formula is C16H29N5. The average Bonchev–Trinajstić information content (AvgIpc) is 2.95. The average molecular weight is 291 g/mol. The van der Waals surface area contributed by atoms with Gasteiger partial charge in [0.1, 0.15) is 12.2 Å². The predicted molar refractivity (Wildman–Crippen MR) is 83.9 cm³/mol. The largest absolute Gasteiger partial charge is 0.311 e. The van der Waals surface area contributed by atoms with Gasteiger partial charge in [-0.3, -0.25) is 4.90 Å². The molecule has 1 saturated carbocycles. The van der Waals surface area contributed by atoms with Crippen LogP contribution in [0.1, 0.15) is 51.8 Å². The lowest BCUT2D eigenvalue weighted by Gasteiger charge is -2.44. The van der Waals surface area contributed by atoms with E-state index in [-0.39, 0.29) is 0 Å². The second kappa shape index (κ2) is 6.88. The van der Waals surface area contributed by atoms with E-state index in [4.69, 9.17) is 0 Å². The van der Waals surface area contributed by atoms with Crippen LogP contribution in [-0.4, -0.2) is 44.8 Å². The Labute approximate surface area is 128 Å². The minimum absolute atomic E-state index is 0.572. The van der Waals surface area contributed by atoms with Gasteiger partial charge in [-0.2, -0.15) is 5.10 Å². The van der Waals surface area contributed by atoms with Crippen molar-refractivity contribution in [1.82, 2.24) is 25.0 Å². The molecular weight excluding hydrogens is 262 g/mol. The van der Waals surface area contributed by atoms with Crippen LogP contribution < -0.4 is 5.32 Å². The molecule has 1 aliphatic carbocycles. The Bertz CT molecular complexity index is 438. The lowest BCUT2D eigenvalue weighted by atomic mass is 9.82. The summed E-state index contributed by atoms with van der Waals surface area (Å²) >= 11 is 0. The number of rotatable bonds is 4. The molecule has 5 heteroatoms. The van der Waals surface area contributed by atoms with Crippen LogP contribution in [0.15, 0.2) is 6.33 Å². The van der Waals surface area contributed by atoms with Crippen LogP contribution in [0.5, 0.6) is 0 Å². The van der Waals surface area contributed by atoms with Gasteiger partial charge >= 0.3 is 0 Å². The molecule has 0 radical (unpaired) electrons. The number of hydrogen-bond donors (Lipinski definition) is 1. The number of aryl methyl sites for hydroxylation is 1. The number of piperazine rings is 1. The quantitative estimate of drug-likeness (QED) is 0.922. The van der Waals surface area contributed by atoms with Crippen LogP contribution in [0.25, 0.3) is 0 Å². The molecule has 3 rings (SSSR count). The van der Waals surface area contributed by atoms with E-state index < -0.39 is 0 Å². The van der Waals surface area contributed by atoms with Gasteiger partial charge in [0.25, 0.3) is 0 Å². The molecule has 0 bridgehead atoms. The molecule has 1 aromatic heterocycles. The highest BCUT2D eigenvalue weighted by atomic mass is 15.4. The fraction of sp³-hybridized carbons (Fsp3) is 0.875. The molecule has 118 valence electrons. The second-order valence-electron chi connectivity index (χ2n) is 6.70. The summed E-state index contributed by atoms with van der Waals surface area (Å²) in [5.74, 6) is 1.98. The van der Waals surface area contributed by atoms with E-state index in [9.17, 15) is 0 Å². The smallest absolute Gasteiger partial charge is 0.141 e. The fourth-order valence-electron chi connectivity index (χ4n) is 4.02. The van der Waals surface area contributed by atoms with Crippen LogP contribution in [0.2, 0.25) is 0 Å².